The van der Waals surface area contributed by atoms with Gasteiger partial charge in [0, 0.05) is 0 Å². The van der Waals surface area contributed by atoms with E-state index >= 15 is 0 Å². The number of rotatable bonds is 12. The van der Waals surface area contributed by atoms with Crippen LogP contribution in [0.25, 0.3) is 0 Å². The zero-order valence-electron chi connectivity index (χ0n) is 15.6. The van der Waals surface area contributed by atoms with E-state index in [1.807, 2.05) is 0 Å². The molecule has 24 heavy (non-hydrogen) atoms. The largest absolute Gasteiger partial charge is 0.479 e. The molecule has 2 unspecified atom stereocenters. The van der Waals surface area contributed by atoms with Gasteiger partial charge >= 0.3 is 11.9 Å². The van der Waals surface area contributed by atoms with Crippen LogP contribution in [0.15, 0.2) is 0 Å². The zero-order chi connectivity index (χ0) is 19.1. The van der Waals surface area contributed by atoms with Crippen molar-refractivity contribution >= 4 is 11.9 Å². The van der Waals surface area contributed by atoms with E-state index in [1.54, 1.807) is 0 Å². The molecule has 0 aromatic carbocycles. The third kappa shape index (κ3) is 18.9. The molecule has 6 heteroatoms. The molecule has 0 aliphatic heterocycles. The maximum Gasteiger partial charge on any atom is 0.332 e. The average Bonchev–Trinajstić information content (AvgIpc) is 2.47. The van der Waals surface area contributed by atoms with Gasteiger partial charge in [-0.3, -0.25) is 0 Å². The van der Waals surface area contributed by atoms with E-state index < -0.39 is 24.1 Å². The first-order valence-electron chi connectivity index (χ1n) is 8.89. The number of carboxylic acid groups (broad SMARTS) is 2. The summed E-state index contributed by atoms with van der Waals surface area (Å²) in [6, 6.07) is 0. The number of carboxylic acids is 2. The molecule has 0 rings (SSSR count). The fourth-order valence-electron chi connectivity index (χ4n) is 2.03. The monoisotopic (exact) mass is 348 g/mol. The third-order valence-corrected chi connectivity index (χ3v) is 3.59. The Morgan fingerprint density at radius 1 is 0.625 bits per heavy atom. The highest BCUT2D eigenvalue weighted by molar-refractivity contribution is 5.72. The summed E-state index contributed by atoms with van der Waals surface area (Å²) in [6.45, 7) is 8.53. The van der Waals surface area contributed by atoms with Crippen LogP contribution in [0, 0.1) is 11.8 Å². The third-order valence-electron chi connectivity index (χ3n) is 3.59. The van der Waals surface area contributed by atoms with Crippen molar-refractivity contribution in [2.24, 2.45) is 11.8 Å². The molecule has 0 bridgehead atoms. The van der Waals surface area contributed by atoms with Crippen LogP contribution in [-0.2, 0) is 9.59 Å². The van der Waals surface area contributed by atoms with Crippen LogP contribution in [0.1, 0.15) is 79.1 Å². The lowest BCUT2D eigenvalue weighted by Crippen LogP contribution is -2.18. The van der Waals surface area contributed by atoms with Gasteiger partial charge in [-0.15, -0.1) is 0 Å². The SMILES string of the molecule is CC(C)CCCCC(O)C(=O)O.CC(C)CCCCC(O)C(=O)O. The second-order valence-corrected chi connectivity index (χ2v) is 7.06. The molecular formula is C18H36O6. The van der Waals surface area contributed by atoms with Gasteiger partial charge in [0.2, 0.25) is 0 Å². The Hall–Kier alpha value is -1.14. The van der Waals surface area contributed by atoms with Gasteiger partial charge in [0.25, 0.3) is 0 Å². The molecule has 0 aliphatic rings. The number of aliphatic hydroxyl groups excluding tert-OH is 2. The van der Waals surface area contributed by atoms with E-state index in [-0.39, 0.29) is 0 Å². The smallest absolute Gasteiger partial charge is 0.332 e. The summed E-state index contributed by atoms with van der Waals surface area (Å²) in [5, 5.41) is 34.5. The molecule has 0 spiro atoms. The summed E-state index contributed by atoms with van der Waals surface area (Å²) in [5.41, 5.74) is 0. The average molecular weight is 348 g/mol. The predicted octanol–water partition coefficient (Wildman–Crippen LogP) is 3.30. The Morgan fingerprint density at radius 2 is 0.875 bits per heavy atom. The summed E-state index contributed by atoms with van der Waals surface area (Å²) < 4.78 is 0. The first kappa shape index (κ1) is 25.1. The Balaban J connectivity index is 0. The number of aliphatic carboxylic acids is 2. The van der Waals surface area contributed by atoms with Crippen molar-refractivity contribution in [1.82, 2.24) is 0 Å². The molecule has 0 saturated heterocycles. The molecule has 2 atom stereocenters. The molecule has 0 saturated carbocycles. The fraction of sp³-hybridized carbons (Fsp3) is 0.889. The Kier molecular flexibility index (Phi) is 16.1. The van der Waals surface area contributed by atoms with Gasteiger partial charge in [-0.2, -0.15) is 0 Å². The van der Waals surface area contributed by atoms with Crippen LogP contribution in [0.4, 0.5) is 0 Å². The number of hydrogen-bond acceptors (Lipinski definition) is 4. The summed E-state index contributed by atoms with van der Waals surface area (Å²) in [5.74, 6) is -0.905. The van der Waals surface area contributed by atoms with Crippen molar-refractivity contribution in [3.8, 4) is 0 Å². The minimum absolute atomic E-state index is 0.377. The van der Waals surface area contributed by atoms with Gasteiger partial charge in [0.1, 0.15) is 0 Å². The fourth-order valence-corrected chi connectivity index (χ4v) is 2.03. The van der Waals surface area contributed by atoms with Crippen LogP contribution in [0.5, 0.6) is 0 Å². The van der Waals surface area contributed by atoms with Gasteiger partial charge in [0.15, 0.2) is 12.2 Å². The molecule has 0 aromatic heterocycles. The Labute approximate surface area is 145 Å². The normalized spacial score (nSPS) is 13.3. The molecule has 144 valence electrons. The first-order chi connectivity index (χ1) is 11.1. The van der Waals surface area contributed by atoms with Gasteiger partial charge in [-0.1, -0.05) is 66.2 Å². The summed E-state index contributed by atoms with van der Waals surface area (Å²) >= 11 is 0. The van der Waals surface area contributed by atoms with E-state index in [4.69, 9.17) is 20.4 Å². The van der Waals surface area contributed by atoms with Crippen molar-refractivity contribution in [3.63, 3.8) is 0 Å². The number of aliphatic hydroxyl groups is 2. The van der Waals surface area contributed by atoms with Crippen molar-refractivity contribution in [2.45, 2.75) is 91.3 Å². The molecule has 6 nitrogen and oxygen atoms in total. The van der Waals surface area contributed by atoms with Gasteiger partial charge in [0.05, 0.1) is 0 Å². The predicted molar refractivity (Wildman–Crippen MR) is 93.9 cm³/mol. The molecule has 0 fully saturated rings. The molecule has 4 N–H and O–H groups in total. The van der Waals surface area contributed by atoms with Crippen molar-refractivity contribution in [3.05, 3.63) is 0 Å². The number of carbonyl (C=O) groups is 2. The molecule has 0 heterocycles. The lowest BCUT2D eigenvalue weighted by atomic mass is 10.0. The van der Waals surface area contributed by atoms with Gasteiger partial charge in [-0.05, 0) is 24.7 Å². The molecule has 0 aromatic rings. The highest BCUT2D eigenvalue weighted by Crippen LogP contribution is 2.10. The van der Waals surface area contributed by atoms with E-state index in [9.17, 15) is 9.59 Å². The van der Waals surface area contributed by atoms with Crippen LogP contribution in [-0.4, -0.2) is 44.6 Å². The zero-order valence-corrected chi connectivity index (χ0v) is 15.6. The van der Waals surface area contributed by atoms with Crippen LogP contribution in [0.2, 0.25) is 0 Å². The van der Waals surface area contributed by atoms with E-state index in [2.05, 4.69) is 27.7 Å². The van der Waals surface area contributed by atoms with Crippen LogP contribution >= 0.6 is 0 Å². The van der Waals surface area contributed by atoms with Crippen molar-refractivity contribution in [1.29, 1.82) is 0 Å². The van der Waals surface area contributed by atoms with E-state index in [0.717, 1.165) is 38.5 Å². The first-order valence-corrected chi connectivity index (χ1v) is 8.89. The van der Waals surface area contributed by atoms with Gasteiger partial charge < -0.3 is 20.4 Å². The maximum absolute atomic E-state index is 10.2. The molecule has 0 amide bonds. The quantitative estimate of drug-likeness (QED) is 0.402. The molecule has 0 aliphatic carbocycles. The van der Waals surface area contributed by atoms with Crippen molar-refractivity contribution in [2.75, 3.05) is 0 Å². The van der Waals surface area contributed by atoms with Gasteiger partial charge in [-0.25, -0.2) is 9.59 Å². The highest BCUT2D eigenvalue weighted by atomic mass is 16.4. The van der Waals surface area contributed by atoms with E-state index in [1.165, 1.54) is 0 Å². The minimum atomic E-state index is -1.17. The second kappa shape index (κ2) is 15.4. The number of hydrogen-bond donors (Lipinski definition) is 4. The topological polar surface area (TPSA) is 115 Å². The highest BCUT2D eigenvalue weighted by Gasteiger charge is 2.12. The Bertz CT molecular complexity index is 295. The summed E-state index contributed by atoms with van der Waals surface area (Å²) in [6.07, 6.45) is 4.22. The molecular weight excluding hydrogens is 312 g/mol. The minimum Gasteiger partial charge on any atom is -0.479 e. The lowest BCUT2D eigenvalue weighted by molar-refractivity contribution is -0.147. The summed E-state index contributed by atoms with van der Waals surface area (Å²) in [4.78, 5) is 20.4. The molecule has 0 radical (unpaired) electrons. The van der Waals surface area contributed by atoms with Crippen LogP contribution in [0.3, 0.4) is 0 Å². The van der Waals surface area contributed by atoms with Crippen LogP contribution < -0.4 is 0 Å². The second-order valence-electron chi connectivity index (χ2n) is 7.06. The Morgan fingerprint density at radius 3 is 1.08 bits per heavy atom. The van der Waals surface area contributed by atoms with E-state index in [0.29, 0.717) is 24.7 Å². The van der Waals surface area contributed by atoms with Crippen molar-refractivity contribution < 1.29 is 30.0 Å². The summed E-state index contributed by atoms with van der Waals surface area (Å²) in [7, 11) is 0. The number of unbranched alkanes of at least 4 members (excludes halogenated alkanes) is 2. The standard InChI is InChI=1S/2C9H18O3/c2*1-7(2)5-3-4-6-8(10)9(11)12/h2*7-8,10H,3-6H2,1-2H3,(H,11,12). The lowest BCUT2D eigenvalue weighted by Gasteiger charge is -2.06. The maximum atomic E-state index is 10.2.